The number of aromatic amines is 1. The Balaban J connectivity index is 1.48. The van der Waals surface area contributed by atoms with Crippen molar-refractivity contribution in [3.63, 3.8) is 0 Å². The monoisotopic (exact) mass is 428 g/mol. The zero-order valence-electron chi connectivity index (χ0n) is 16.2. The predicted octanol–water partition coefficient (Wildman–Crippen LogP) is 4.41. The van der Waals surface area contributed by atoms with Crippen molar-refractivity contribution < 1.29 is 13.6 Å². The second kappa shape index (κ2) is 8.23. The lowest BCUT2D eigenvalue weighted by Crippen LogP contribution is -2.14. The number of thioether (sulfide) groups is 1. The fraction of sp³-hybridized carbons (Fsp3) is 0.200. The number of rotatable bonds is 6. The average Bonchev–Trinajstić information content (AvgIpc) is 3.34. The molecule has 0 saturated carbocycles. The molecular formula is C20H18F2N6OS. The van der Waals surface area contributed by atoms with Crippen molar-refractivity contribution in [2.45, 2.75) is 25.0 Å². The Hall–Kier alpha value is -3.27. The summed E-state index contributed by atoms with van der Waals surface area (Å²) in [5, 5.41) is 11.4. The Morgan fingerprint density at radius 3 is 2.87 bits per heavy atom. The minimum Gasteiger partial charge on any atom is -0.338 e. The van der Waals surface area contributed by atoms with Gasteiger partial charge in [-0.2, -0.15) is 0 Å². The largest absolute Gasteiger partial charge is 0.338 e. The number of benzene rings is 2. The van der Waals surface area contributed by atoms with E-state index in [1.165, 1.54) is 11.8 Å². The minimum absolute atomic E-state index is 0.0439. The SMILES string of the molecule is CC(C)n1cnnc1SCC(=O)Nc1ccc2nc(-c3cc(F)ccc3F)[nH]c2c1. The van der Waals surface area contributed by atoms with Gasteiger partial charge in [-0.05, 0) is 50.2 Å². The van der Waals surface area contributed by atoms with E-state index in [-0.39, 0.29) is 29.1 Å². The fourth-order valence-corrected chi connectivity index (χ4v) is 3.75. The normalized spacial score (nSPS) is 11.4. The van der Waals surface area contributed by atoms with E-state index >= 15 is 0 Å². The number of fused-ring (bicyclic) bond motifs is 1. The molecule has 2 heterocycles. The molecule has 154 valence electrons. The maximum absolute atomic E-state index is 14.0. The van der Waals surface area contributed by atoms with Crippen molar-refractivity contribution in [2.75, 3.05) is 11.1 Å². The van der Waals surface area contributed by atoms with Gasteiger partial charge in [-0.3, -0.25) is 4.79 Å². The number of carbonyl (C=O) groups is 1. The summed E-state index contributed by atoms with van der Waals surface area (Å²) in [6.07, 6.45) is 1.64. The first-order valence-corrected chi connectivity index (χ1v) is 10.2. The van der Waals surface area contributed by atoms with Crippen LogP contribution in [-0.2, 0) is 4.79 Å². The van der Waals surface area contributed by atoms with Crippen LogP contribution in [0, 0.1) is 11.6 Å². The van der Waals surface area contributed by atoms with Gasteiger partial charge < -0.3 is 14.9 Å². The van der Waals surface area contributed by atoms with E-state index in [2.05, 4.69) is 25.5 Å². The van der Waals surface area contributed by atoms with Gasteiger partial charge in [0.2, 0.25) is 5.91 Å². The highest BCUT2D eigenvalue weighted by Crippen LogP contribution is 2.26. The first kappa shape index (κ1) is 20.0. The van der Waals surface area contributed by atoms with Crippen molar-refractivity contribution in [3.05, 3.63) is 54.4 Å². The standard InChI is InChI=1S/C20H18F2N6OS/c1-11(2)28-10-23-27-20(28)30-9-18(29)24-13-4-6-16-17(8-13)26-19(25-16)14-7-12(21)3-5-15(14)22/h3-8,10-11H,9H2,1-2H3,(H,24,29)(H,25,26). The lowest BCUT2D eigenvalue weighted by molar-refractivity contribution is -0.113. The van der Waals surface area contributed by atoms with Crippen molar-refractivity contribution in [1.82, 2.24) is 24.7 Å². The number of nitrogens with zero attached hydrogens (tertiary/aromatic N) is 4. The molecule has 0 unspecified atom stereocenters. The molecule has 0 fully saturated rings. The van der Waals surface area contributed by atoms with E-state index in [0.717, 1.165) is 18.2 Å². The highest BCUT2D eigenvalue weighted by Gasteiger charge is 2.13. The second-order valence-corrected chi connectivity index (χ2v) is 7.84. The summed E-state index contributed by atoms with van der Waals surface area (Å²) in [6.45, 7) is 4.02. The van der Waals surface area contributed by atoms with Gasteiger partial charge in [0.1, 0.15) is 23.8 Å². The van der Waals surface area contributed by atoms with Crippen LogP contribution in [0.4, 0.5) is 14.5 Å². The van der Waals surface area contributed by atoms with Crippen molar-refractivity contribution >= 4 is 34.4 Å². The summed E-state index contributed by atoms with van der Waals surface area (Å²) in [5.74, 6) is -0.935. The average molecular weight is 428 g/mol. The quantitative estimate of drug-likeness (QED) is 0.444. The zero-order chi connectivity index (χ0) is 21.3. The smallest absolute Gasteiger partial charge is 0.234 e. The number of nitrogens with one attached hydrogen (secondary N) is 2. The van der Waals surface area contributed by atoms with Crippen LogP contribution in [-0.4, -0.2) is 36.4 Å². The van der Waals surface area contributed by atoms with Crippen LogP contribution in [0.1, 0.15) is 19.9 Å². The van der Waals surface area contributed by atoms with Crippen LogP contribution < -0.4 is 5.32 Å². The number of hydrogen-bond donors (Lipinski definition) is 2. The summed E-state index contributed by atoms with van der Waals surface area (Å²) in [6, 6.07) is 8.49. The minimum atomic E-state index is -0.574. The van der Waals surface area contributed by atoms with Gasteiger partial charge in [0, 0.05) is 11.7 Å². The first-order chi connectivity index (χ1) is 14.4. The molecule has 4 aromatic rings. The Bertz CT molecular complexity index is 1220. The summed E-state index contributed by atoms with van der Waals surface area (Å²) < 4.78 is 29.4. The van der Waals surface area contributed by atoms with Crippen molar-refractivity contribution in [3.8, 4) is 11.4 Å². The van der Waals surface area contributed by atoms with Crippen LogP contribution in [0.15, 0.2) is 47.9 Å². The third-order valence-electron chi connectivity index (χ3n) is 4.38. The van der Waals surface area contributed by atoms with E-state index in [0.29, 0.717) is 21.9 Å². The van der Waals surface area contributed by atoms with E-state index < -0.39 is 11.6 Å². The number of hydrogen-bond acceptors (Lipinski definition) is 5. The molecule has 0 aliphatic rings. The van der Waals surface area contributed by atoms with E-state index in [1.807, 2.05) is 18.4 Å². The molecule has 0 saturated heterocycles. The molecule has 0 radical (unpaired) electrons. The molecule has 4 rings (SSSR count). The molecule has 0 spiro atoms. The Kier molecular flexibility index (Phi) is 5.49. The molecule has 10 heteroatoms. The van der Waals surface area contributed by atoms with Crippen LogP contribution in [0.3, 0.4) is 0 Å². The molecule has 2 aromatic heterocycles. The van der Waals surface area contributed by atoms with E-state index in [1.54, 1.807) is 24.5 Å². The van der Waals surface area contributed by atoms with Crippen LogP contribution >= 0.6 is 11.8 Å². The number of anilines is 1. The number of amides is 1. The molecule has 2 aromatic carbocycles. The third kappa shape index (κ3) is 4.18. The predicted molar refractivity (Wildman–Crippen MR) is 111 cm³/mol. The molecule has 2 N–H and O–H groups in total. The molecule has 0 aliphatic carbocycles. The third-order valence-corrected chi connectivity index (χ3v) is 5.34. The van der Waals surface area contributed by atoms with Gasteiger partial charge in [-0.25, -0.2) is 13.8 Å². The summed E-state index contributed by atoms with van der Waals surface area (Å²) >= 11 is 1.30. The maximum atomic E-state index is 14.0. The summed E-state index contributed by atoms with van der Waals surface area (Å²) in [4.78, 5) is 19.6. The van der Waals surface area contributed by atoms with Crippen molar-refractivity contribution in [1.29, 1.82) is 0 Å². The fourth-order valence-electron chi connectivity index (χ4n) is 2.91. The molecule has 30 heavy (non-hydrogen) atoms. The molecule has 7 nitrogen and oxygen atoms in total. The van der Waals surface area contributed by atoms with E-state index in [9.17, 15) is 13.6 Å². The van der Waals surface area contributed by atoms with Gasteiger partial charge in [-0.1, -0.05) is 11.8 Å². The topological polar surface area (TPSA) is 88.5 Å². The van der Waals surface area contributed by atoms with Crippen molar-refractivity contribution in [2.24, 2.45) is 0 Å². The first-order valence-electron chi connectivity index (χ1n) is 9.18. The lowest BCUT2D eigenvalue weighted by atomic mass is 10.2. The van der Waals surface area contributed by atoms with Gasteiger partial charge in [0.05, 0.1) is 22.3 Å². The summed E-state index contributed by atoms with van der Waals surface area (Å²) in [7, 11) is 0. The summed E-state index contributed by atoms with van der Waals surface area (Å²) in [5.41, 5.74) is 1.78. The van der Waals surface area contributed by atoms with Crippen LogP contribution in [0.2, 0.25) is 0 Å². The Morgan fingerprint density at radius 2 is 2.07 bits per heavy atom. The number of imidazole rings is 1. The Morgan fingerprint density at radius 1 is 1.23 bits per heavy atom. The number of carbonyl (C=O) groups excluding carboxylic acids is 1. The maximum Gasteiger partial charge on any atom is 0.234 e. The van der Waals surface area contributed by atoms with Gasteiger partial charge in [-0.15, -0.1) is 10.2 Å². The van der Waals surface area contributed by atoms with Crippen LogP contribution in [0.5, 0.6) is 0 Å². The number of halogens is 2. The lowest BCUT2D eigenvalue weighted by Gasteiger charge is -2.09. The Labute approximate surface area is 174 Å². The second-order valence-electron chi connectivity index (χ2n) is 6.89. The molecule has 0 aliphatic heterocycles. The molecule has 0 atom stereocenters. The molecule has 1 amide bonds. The molecule has 0 bridgehead atoms. The van der Waals surface area contributed by atoms with Gasteiger partial charge >= 0.3 is 0 Å². The van der Waals surface area contributed by atoms with Crippen LogP contribution in [0.25, 0.3) is 22.4 Å². The number of aromatic nitrogens is 5. The highest BCUT2D eigenvalue weighted by atomic mass is 32.2. The highest BCUT2D eigenvalue weighted by molar-refractivity contribution is 7.99. The molecular weight excluding hydrogens is 410 g/mol. The van der Waals surface area contributed by atoms with Gasteiger partial charge in [0.25, 0.3) is 0 Å². The number of H-pyrrole nitrogens is 1. The zero-order valence-corrected chi connectivity index (χ0v) is 17.0. The van der Waals surface area contributed by atoms with E-state index in [4.69, 9.17) is 0 Å². The van der Waals surface area contributed by atoms with Gasteiger partial charge in [0.15, 0.2) is 5.16 Å².